The summed E-state index contributed by atoms with van der Waals surface area (Å²) in [5, 5.41) is 13.5. The van der Waals surface area contributed by atoms with Gasteiger partial charge in [-0.3, -0.25) is 0 Å². The van der Waals surface area contributed by atoms with Gasteiger partial charge in [0.2, 0.25) is 0 Å². The molecule has 1 fully saturated rings. The average molecular weight is 223 g/mol. The first-order valence-electron chi connectivity index (χ1n) is 6.23. The summed E-state index contributed by atoms with van der Waals surface area (Å²) in [6, 6.07) is 4.63. The summed E-state index contributed by atoms with van der Waals surface area (Å²) in [6.07, 6.45) is 7.06. The predicted molar refractivity (Wildman–Crippen MR) is 63.1 cm³/mol. The second-order valence-corrected chi connectivity index (χ2v) is 4.82. The Bertz CT molecular complexity index is 291. The van der Waals surface area contributed by atoms with Crippen LogP contribution in [-0.4, -0.2) is 17.2 Å². The number of nitrogens with one attached hydrogen (secondary N) is 1. The molecule has 2 rings (SSSR count). The van der Waals surface area contributed by atoms with Crippen LogP contribution < -0.4 is 5.32 Å². The van der Waals surface area contributed by atoms with Crippen molar-refractivity contribution in [1.29, 1.82) is 0 Å². The third-order valence-corrected chi connectivity index (χ3v) is 3.32. The van der Waals surface area contributed by atoms with Crippen molar-refractivity contribution in [3.8, 4) is 0 Å². The number of hydrogen-bond donors (Lipinski definition) is 2. The molecule has 0 bridgehead atoms. The molecule has 1 aromatic rings. The van der Waals surface area contributed by atoms with E-state index in [0.717, 1.165) is 0 Å². The maximum Gasteiger partial charge on any atom is 0.132 e. The fourth-order valence-electron chi connectivity index (χ4n) is 2.49. The highest BCUT2D eigenvalue weighted by atomic mass is 16.4. The first-order chi connectivity index (χ1) is 7.75. The highest BCUT2D eigenvalue weighted by Crippen LogP contribution is 2.22. The normalized spacial score (nSPS) is 21.1. The van der Waals surface area contributed by atoms with Gasteiger partial charge in [-0.1, -0.05) is 12.8 Å². The topological polar surface area (TPSA) is 45.4 Å². The molecule has 0 aromatic carbocycles. The van der Waals surface area contributed by atoms with Crippen LogP contribution in [0.25, 0.3) is 0 Å². The average Bonchev–Trinajstić information content (AvgIpc) is 2.88. The second-order valence-electron chi connectivity index (χ2n) is 4.82. The van der Waals surface area contributed by atoms with Gasteiger partial charge in [-0.2, -0.15) is 0 Å². The molecule has 1 aliphatic rings. The zero-order valence-electron chi connectivity index (χ0n) is 9.86. The quantitative estimate of drug-likeness (QED) is 0.806. The molecular weight excluding hydrogens is 202 g/mol. The lowest BCUT2D eigenvalue weighted by Gasteiger charge is -2.20. The minimum Gasteiger partial charge on any atom is -0.467 e. The van der Waals surface area contributed by atoms with E-state index in [1.165, 1.54) is 25.7 Å². The lowest BCUT2D eigenvalue weighted by Crippen LogP contribution is -2.35. The Kier molecular flexibility index (Phi) is 4.02. The standard InChI is InChI=1S/C13H21NO2/c1-10(14-11-5-2-3-6-11)9-12(15)13-7-4-8-16-13/h4,7-8,10-12,14-15H,2-3,5-6,9H2,1H3. The fraction of sp³-hybridized carbons (Fsp3) is 0.692. The molecule has 0 spiro atoms. The Labute approximate surface area is 96.8 Å². The van der Waals surface area contributed by atoms with Gasteiger partial charge in [0.05, 0.1) is 6.26 Å². The molecule has 2 atom stereocenters. The lowest BCUT2D eigenvalue weighted by molar-refractivity contribution is 0.126. The first-order valence-corrected chi connectivity index (χ1v) is 6.23. The molecule has 1 saturated carbocycles. The van der Waals surface area contributed by atoms with Gasteiger partial charge in [0.15, 0.2) is 0 Å². The van der Waals surface area contributed by atoms with Gasteiger partial charge in [0, 0.05) is 12.1 Å². The molecule has 16 heavy (non-hydrogen) atoms. The van der Waals surface area contributed by atoms with Gasteiger partial charge in [-0.05, 0) is 38.3 Å². The summed E-state index contributed by atoms with van der Waals surface area (Å²) in [5.41, 5.74) is 0. The van der Waals surface area contributed by atoms with E-state index < -0.39 is 6.10 Å². The molecule has 90 valence electrons. The largest absolute Gasteiger partial charge is 0.467 e. The maximum absolute atomic E-state index is 9.92. The van der Waals surface area contributed by atoms with E-state index in [4.69, 9.17) is 4.42 Å². The molecular formula is C13H21NO2. The van der Waals surface area contributed by atoms with Gasteiger partial charge in [-0.15, -0.1) is 0 Å². The SMILES string of the molecule is CC(CC(O)c1ccco1)NC1CCCC1. The Hall–Kier alpha value is -0.800. The van der Waals surface area contributed by atoms with E-state index in [-0.39, 0.29) is 0 Å². The van der Waals surface area contributed by atoms with Crippen LogP contribution in [0, 0.1) is 0 Å². The van der Waals surface area contributed by atoms with Gasteiger partial charge in [-0.25, -0.2) is 0 Å². The highest BCUT2D eigenvalue weighted by molar-refractivity contribution is 5.02. The molecule has 0 aliphatic heterocycles. The van der Waals surface area contributed by atoms with Crippen molar-refractivity contribution in [1.82, 2.24) is 5.32 Å². The van der Waals surface area contributed by atoms with Crippen LogP contribution in [0.15, 0.2) is 22.8 Å². The molecule has 1 aliphatic carbocycles. The minimum absolute atomic E-state index is 0.336. The predicted octanol–water partition coefficient (Wildman–Crippen LogP) is 2.62. The van der Waals surface area contributed by atoms with Crippen LogP contribution in [0.3, 0.4) is 0 Å². The number of furan rings is 1. The Morgan fingerprint density at radius 1 is 1.50 bits per heavy atom. The zero-order chi connectivity index (χ0) is 11.4. The number of hydrogen-bond acceptors (Lipinski definition) is 3. The summed E-state index contributed by atoms with van der Waals surface area (Å²) >= 11 is 0. The third kappa shape index (κ3) is 3.09. The van der Waals surface area contributed by atoms with E-state index in [0.29, 0.717) is 24.3 Å². The molecule has 0 amide bonds. The molecule has 3 heteroatoms. The molecule has 0 radical (unpaired) electrons. The second kappa shape index (κ2) is 5.51. The summed E-state index contributed by atoms with van der Waals surface area (Å²) in [5.74, 6) is 0.667. The van der Waals surface area contributed by atoms with E-state index in [9.17, 15) is 5.11 Å². The van der Waals surface area contributed by atoms with Crippen molar-refractivity contribution < 1.29 is 9.52 Å². The molecule has 3 nitrogen and oxygen atoms in total. The summed E-state index contributed by atoms with van der Waals surface area (Å²) in [7, 11) is 0. The van der Waals surface area contributed by atoms with Crippen molar-refractivity contribution >= 4 is 0 Å². The van der Waals surface area contributed by atoms with E-state index in [1.54, 1.807) is 6.26 Å². The lowest BCUT2D eigenvalue weighted by atomic mass is 10.1. The summed E-state index contributed by atoms with van der Waals surface area (Å²) in [6.45, 7) is 2.13. The Balaban J connectivity index is 1.75. The zero-order valence-corrected chi connectivity index (χ0v) is 9.86. The van der Waals surface area contributed by atoms with Gasteiger partial charge in [0.1, 0.15) is 11.9 Å². The number of rotatable bonds is 5. The van der Waals surface area contributed by atoms with Crippen LogP contribution in [0.2, 0.25) is 0 Å². The molecule has 1 heterocycles. The Morgan fingerprint density at radius 3 is 2.88 bits per heavy atom. The van der Waals surface area contributed by atoms with E-state index in [1.807, 2.05) is 12.1 Å². The van der Waals surface area contributed by atoms with Crippen molar-refractivity contribution in [3.05, 3.63) is 24.2 Å². The summed E-state index contributed by atoms with van der Waals surface area (Å²) in [4.78, 5) is 0. The molecule has 2 unspecified atom stereocenters. The van der Waals surface area contributed by atoms with E-state index >= 15 is 0 Å². The van der Waals surface area contributed by atoms with Crippen molar-refractivity contribution in [2.24, 2.45) is 0 Å². The molecule has 1 aromatic heterocycles. The maximum atomic E-state index is 9.92. The monoisotopic (exact) mass is 223 g/mol. The van der Waals surface area contributed by atoms with Crippen molar-refractivity contribution in [2.75, 3.05) is 0 Å². The van der Waals surface area contributed by atoms with Crippen LogP contribution in [0.4, 0.5) is 0 Å². The minimum atomic E-state index is -0.487. The van der Waals surface area contributed by atoms with Crippen LogP contribution >= 0.6 is 0 Å². The number of aliphatic hydroxyl groups is 1. The van der Waals surface area contributed by atoms with Crippen molar-refractivity contribution in [2.45, 2.75) is 57.2 Å². The summed E-state index contributed by atoms with van der Waals surface area (Å²) < 4.78 is 5.19. The Morgan fingerprint density at radius 2 is 2.25 bits per heavy atom. The van der Waals surface area contributed by atoms with Gasteiger partial charge in [0.25, 0.3) is 0 Å². The first kappa shape index (κ1) is 11.7. The van der Waals surface area contributed by atoms with Crippen LogP contribution in [0.5, 0.6) is 0 Å². The number of aliphatic hydroxyl groups excluding tert-OH is 1. The van der Waals surface area contributed by atoms with Gasteiger partial charge < -0.3 is 14.8 Å². The molecule has 2 N–H and O–H groups in total. The van der Waals surface area contributed by atoms with Gasteiger partial charge >= 0.3 is 0 Å². The highest BCUT2D eigenvalue weighted by Gasteiger charge is 2.19. The van der Waals surface area contributed by atoms with Crippen LogP contribution in [0.1, 0.15) is 50.9 Å². The fourth-order valence-corrected chi connectivity index (χ4v) is 2.49. The van der Waals surface area contributed by atoms with E-state index in [2.05, 4.69) is 12.2 Å². The van der Waals surface area contributed by atoms with Crippen molar-refractivity contribution in [3.63, 3.8) is 0 Å². The smallest absolute Gasteiger partial charge is 0.132 e. The molecule has 0 saturated heterocycles. The van der Waals surface area contributed by atoms with Crippen LogP contribution in [-0.2, 0) is 0 Å². The third-order valence-electron chi connectivity index (χ3n) is 3.32.